The van der Waals surface area contributed by atoms with E-state index in [4.69, 9.17) is 4.74 Å². The van der Waals surface area contributed by atoms with Gasteiger partial charge in [0, 0.05) is 11.3 Å². The molecule has 9 nitrogen and oxygen atoms in total. The zero-order chi connectivity index (χ0) is 23.2. The van der Waals surface area contributed by atoms with Crippen molar-refractivity contribution in [3.8, 4) is 5.75 Å². The minimum Gasteiger partial charge on any atom is -0.495 e. The maximum atomic E-state index is 13.1. The number of rotatable bonds is 6. The Morgan fingerprint density at radius 1 is 1.16 bits per heavy atom. The fraction of sp³-hybridized carbons (Fsp3) is 0.300. The lowest BCUT2D eigenvalue weighted by atomic mass is 9.95. The number of amides is 1. The van der Waals surface area contributed by atoms with Crippen LogP contribution in [0.3, 0.4) is 0 Å². The third-order valence-corrected chi connectivity index (χ3v) is 8.20. The molecule has 166 valence electrons. The first-order chi connectivity index (χ1) is 14.3. The summed E-state index contributed by atoms with van der Waals surface area (Å²) in [4.78, 5) is 23.9. The van der Waals surface area contributed by atoms with Crippen LogP contribution in [-0.4, -0.2) is 41.4 Å². The van der Waals surface area contributed by atoms with Crippen molar-refractivity contribution in [1.82, 2.24) is 0 Å². The van der Waals surface area contributed by atoms with Crippen LogP contribution in [0.25, 0.3) is 0 Å². The van der Waals surface area contributed by atoms with Crippen molar-refractivity contribution in [1.29, 1.82) is 0 Å². The molecule has 0 atom stereocenters. The molecule has 1 aliphatic heterocycles. The molecule has 0 aromatic heterocycles. The van der Waals surface area contributed by atoms with Gasteiger partial charge in [0.2, 0.25) is 15.9 Å². The molecule has 2 aromatic rings. The summed E-state index contributed by atoms with van der Waals surface area (Å²) in [6, 6.07) is 9.60. The van der Waals surface area contributed by atoms with E-state index in [1.807, 2.05) is 0 Å². The fourth-order valence-electron chi connectivity index (χ4n) is 3.27. The summed E-state index contributed by atoms with van der Waals surface area (Å²) in [6.45, 7) is 4.38. The highest BCUT2D eigenvalue weighted by Gasteiger charge is 2.50. The first-order valence-corrected chi connectivity index (χ1v) is 12.3. The molecule has 0 spiro atoms. The van der Waals surface area contributed by atoms with Gasteiger partial charge in [-0.15, -0.1) is 0 Å². The number of ether oxygens (including phenoxy) is 1. The molecular formula is C20H22N2O7S2. The number of Topliss-reactive ketones (excluding diaryl/α,β-unsaturated/α-hetero) is 1. The summed E-state index contributed by atoms with van der Waals surface area (Å²) in [5.41, 5.74) is -0.777. The topological polar surface area (TPSA) is 127 Å². The molecule has 0 bridgehead atoms. The van der Waals surface area contributed by atoms with Crippen LogP contribution in [0.4, 0.5) is 11.4 Å². The average molecular weight is 467 g/mol. The minimum absolute atomic E-state index is 0.0396. The van der Waals surface area contributed by atoms with Gasteiger partial charge >= 0.3 is 0 Å². The Hall–Kier alpha value is -2.92. The van der Waals surface area contributed by atoms with E-state index in [1.165, 1.54) is 58.2 Å². The largest absolute Gasteiger partial charge is 0.495 e. The molecule has 1 N–H and O–H groups in total. The Balaban J connectivity index is 2.08. The lowest BCUT2D eigenvalue weighted by molar-refractivity contribution is -0.123. The van der Waals surface area contributed by atoms with Gasteiger partial charge in [0.25, 0.3) is 10.0 Å². The fourth-order valence-corrected chi connectivity index (χ4v) is 6.61. The number of hydrogen-bond donors (Lipinski definition) is 1. The van der Waals surface area contributed by atoms with Crippen LogP contribution in [0, 0.1) is 5.41 Å². The maximum Gasteiger partial charge on any atom is 0.265 e. The second-order valence-corrected chi connectivity index (χ2v) is 11.3. The van der Waals surface area contributed by atoms with E-state index in [0.29, 0.717) is 9.87 Å². The van der Waals surface area contributed by atoms with Crippen molar-refractivity contribution in [2.24, 2.45) is 5.41 Å². The van der Waals surface area contributed by atoms with E-state index < -0.39 is 31.4 Å². The van der Waals surface area contributed by atoms with Gasteiger partial charge < -0.3 is 4.74 Å². The monoisotopic (exact) mass is 466 g/mol. The summed E-state index contributed by atoms with van der Waals surface area (Å²) >= 11 is 0. The van der Waals surface area contributed by atoms with E-state index in [-0.39, 0.29) is 33.6 Å². The number of hydrogen-bond acceptors (Lipinski definition) is 7. The predicted molar refractivity (Wildman–Crippen MR) is 115 cm³/mol. The molecule has 11 heteroatoms. The second-order valence-electron chi connectivity index (χ2n) is 7.79. The van der Waals surface area contributed by atoms with Gasteiger partial charge in [0.1, 0.15) is 10.6 Å². The third kappa shape index (κ3) is 4.28. The lowest BCUT2D eigenvalue weighted by Crippen LogP contribution is -2.33. The standard InChI is InChI=1S/C20H22N2O7S2/c1-13(23)14-6-5-7-15(10-14)21-31(27,28)18-11-16(8-9-17(18)29-4)22-19(24)20(2,3)12-30(22,25)26/h5-11,21H,12H2,1-4H3. The predicted octanol–water partition coefficient (Wildman–Crippen LogP) is 2.40. The quantitative estimate of drug-likeness (QED) is 0.648. The maximum absolute atomic E-state index is 13.1. The van der Waals surface area contributed by atoms with Gasteiger partial charge in [-0.3, -0.25) is 14.3 Å². The summed E-state index contributed by atoms with van der Waals surface area (Å²) < 4.78 is 59.4. The number of nitrogens with one attached hydrogen (secondary N) is 1. The number of carbonyl (C=O) groups is 2. The molecule has 1 heterocycles. The number of sulfonamides is 2. The summed E-state index contributed by atoms with van der Waals surface area (Å²) in [6.07, 6.45) is 0. The normalized spacial score (nSPS) is 17.4. The molecule has 1 saturated heterocycles. The lowest BCUT2D eigenvalue weighted by Gasteiger charge is -2.19. The Morgan fingerprint density at radius 3 is 2.39 bits per heavy atom. The number of nitrogens with zero attached hydrogens (tertiary/aromatic N) is 1. The van der Waals surface area contributed by atoms with Gasteiger partial charge in [-0.1, -0.05) is 12.1 Å². The van der Waals surface area contributed by atoms with Crippen molar-refractivity contribution in [2.45, 2.75) is 25.7 Å². The van der Waals surface area contributed by atoms with Crippen LogP contribution < -0.4 is 13.8 Å². The summed E-state index contributed by atoms with van der Waals surface area (Å²) in [5, 5.41) is 0. The van der Waals surface area contributed by atoms with Crippen LogP contribution in [0.2, 0.25) is 0 Å². The van der Waals surface area contributed by atoms with Crippen LogP contribution in [0.15, 0.2) is 47.4 Å². The summed E-state index contributed by atoms with van der Waals surface area (Å²) in [5.74, 6) is -1.31. The number of methoxy groups -OCH3 is 1. The third-order valence-electron chi connectivity index (χ3n) is 4.78. The number of anilines is 2. The molecule has 1 fully saturated rings. The van der Waals surface area contributed by atoms with Gasteiger partial charge in [-0.05, 0) is 51.1 Å². The van der Waals surface area contributed by atoms with E-state index in [1.54, 1.807) is 6.07 Å². The number of benzene rings is 2. The highest BCUT2D eigenvalue weighted by atomic mass is 32.2. The van der Waals surface area contributed by atoms with Crippen LogP contribution in [0.5, 0.6) is 5.75 Å². The molecule has 31 heavy (non-hydrogen) atoms. The number of carbonyl (C=O) groups excluding carboxylic acids is 2. The smallest absolute Gasteiger partial charge is 0.265 e. The second kappa shape index (κ2) is 7.65. The molecular weight excluding hydrogens is 444 g/mol. The van der Waals surface area contributed by atoms with E-state index in [9.17, 15) is 26.4 Å². The Bertz CT molecular complexity index is 1280. The zero-order valence-corrected chi connectivity index (χ0v) is 19.0. The number of ketones is 1. The molecule has 0 aliphatic carbocycles. The van der Waals surface area contributed by atoms with Crippen LogP contribution in [-0.2, 0) is 24.8 Å². The van der Waals surface area contributed by atoms with Gasteiger partial charge in [-0.2, -0.15) is 0 Å². The first-order valence-electron chi connectivity index (χ1n) is 9.18. The van der Waals surface area contributed by atoms with Crippen molar-refractivity contribution in [3.05, 3.63) is 48.0 Å². The summed E-state index contributed by atoms with van der Waals surface area (Å²) in [7, 11) is -6.95. The van der Waals surface area contributed by atoms with Crippen LogP contribution in [0.1, 0.15) is 31.1 Å². The Kier molecular flexibility index (Phi) is 5.61. The van der Waals surface area contributed by atoms with Gasteiger partial charge in [0.15, 0.2) is 5.78 Å². The van der Waals surface area contributed by atoms with Gasteiger partial charge in [0.05, 0.1) is 24.0 Å². The molecule has 1 amide bonds. The van der Waals surface area contributed by atoms with Crippen LogP contribution >= 0.6 is 0 Å². The van der Waals surface area contributed by atoms with E-state index >= 15 is 0 Å². The molecule has 1 aliphatic rings. The zero-order valence-electron chi connectivity index (χ0n) is 17.4. The highest BCUT2D eigenvalue weighted by Crippen LogP contribution is 2.38. The van der Waals surface area contributed by atoms with Gasteiger partial charge in [-0.25, -0.2) is 21.1 Å². The molecule has 0 radical (unpaired) electrons. The Labute approximate surface area is 181 Å². The highest BCUT2D eigenvalue weighted by molar-refractivity contribution is 7.94. The molecule has 0 unspecified atom stereocenters. The molecule has 3 rings (SSSR count). The minimum atomic E-state index is -4.25. The van der Waals surface area contributed by atoms with E-state index in [0.717, 1.165) is 6.07 Å². The molecule has 0 saturated carbocycles. The van der Waals surface area contributed by atoms with Crippen molar-refractivity contribution >= 4 is 43.1 Å². The van der Waals surface area contributed by atoms with Crippen molar-refractivity contribution in [3.63, 3.8) is 0 Å². The Morgan fingerprint density at radius 2 is 1.84 bits per heavy atom. The molecule has 2 aromatic carbocycles. The average Bonchev–Trinajstić information content (AvgIpc) is 2.83. The SMILES string of the molecule is COc1ccc(N2C(=O)C(C)(C)CS2(=O)=O)cc1S(=O)(=O)Nc1cccc(C(C)=O)c1. The van der Waals surface area contributed by atoms with Crippen molar-refractivity contribution < 1.29 is 31.2 Å². The first kappa shape index (κ1) is 22.8. The van der Waals surface area contributed by atoms with E-state index in [2.05, 4.69) is 4.72 Å². The van der Waals surface area contributed by atoms with Crippen molar-refractivity contribution in [2.75, 3.05) is 21.9 Å².